The van der Waals surface area contributed by atoms with Gasteiger partial charge in [0.15, 0.2) is 0 Å². The standard InChI is InChI=1S/C19H20N2O4S/c1-23-14-7-8-15-13(9-17(22)24-16(15)10-14)11-26-19-21-20-18(25-19)12-5-3-2-4-6-12/h7-10,12H,2-6,11H2,1H3. The molecule has 6 nitrogen and oxygen atoms in total. The van der Waals surface area contributed by atoms with Gasteiger partial charge >= 0.3 is 5.63 Å². The van der Waals surface area contributed by atoms with E-state index in [-0.39, 0.29) is 5.63 Å². The Morgan fingerprint density at radius 3 is 2.81 bits per heavy atom. The van der Waals surface area contributed by atoms with E-state index in [1.165, 1.54) is 37.1 Å². The molecule has 2 heterocycles. The highest BCUT2D eigenvalue weighted by molar-refractivity contribution is 7.98. The van der Waals surface area contributed by atoms with Gasteiger partial charge in [-0.2, -0.15) is 0 Å². The Labute approximate surface area is 154 Å². The fraction of sp³-hybridized carbons (Fsp3) is 0.421. The number of aromatic nitrogens is 2. The number of nitrogens with zero attached hydrogens (tertiary/aromatic N) is 2. The van der Waals surface area contributed by atoms with Gasteiger partial charge in [-0.25, -0.2) is 4.79 Å². The molecule has 1 aliphatic carbocycles. The fourth-order valence-electron chi connectivity index (χ4n) is 3.39. The van der Waals surface area contributed by atoms with Crippen molar-refractivity contribution in [2.45, 2.75) is 49.0 Å². The zero-order valence-corrected chi connectivity index (χ0v) is 15.4. The second-order valence-electron chi connectivity index (χ2n) is 6.48. The number of benzene rings is 1. The van der Waals surface area contributed by atoms with Crippen LogP contribution in [-0.2, 0) is 5.75 Å². The normalized spacial score (nSPS) is 15.4. The molecule has 0 amide bonds. The van der Waals surface area contributed by atoms with Crippen LogP contribution in [0.1, 0.15) is 49.5 Å². The summed E-state index contributed by atoms with van der Waals surface area (Å²) in [5.74, 6) is 2.34. The van der Waals surface area contributed by atoms with Gasteiger partial charge in [0.05, 0.1) is 7.11 Å². The van der Waals surface area contributed by atoms with Crippen molar-refractivity contribution in [3.05, 3.63) is 46.1 Å². The summed E-state index contributed by atoms with van der Waals surface area (Å²) in [6, 6.07) is 6.98. The van der Waals surface area contributed by atoms with E-state index in [0.29, 0.717) is 28.2 Å². The van der Waals surface area contributed by atoms with E-state index in [4.69, 9.17) is 13.6 Å². The van der Waals surface area contributed by atoms with Gasteiger partial charge in [0.25, 0.3) is 5.22 Å². The monoisotopic (exact) mass is 372 g/mol. The Morgan fingerprint density at radius 2 is 2.00 bits per heavy atom. The molecule has 136 valence electrons. The third kappa shape index (κ3) is 3.62. The molecule has 0 unspecified atom stereocenters. The molecule has 2 aromatic heterocycles. The van der Waals surface area contributed by atoms with E-state index in [0.717, 1.165) is 29.7 Å². The number of fused-ring (bicyclic) bond motifs is 1. The van der Waals surface area contributed by atoms with Crippen LogP contribution in [0.3, 0.4) is 0 Å². The quantitative estimate of drug-likeness (QED) is 0.481. The number of hydrogen-bond donors (Lipinski definition) is 0. The van der Waals surface area contributed by atoms with Gasteiger partial charge in [-0.15, -0.1) is 10.2 Å². The van der Waals surface area contributed by atoms with E-state index >= 15 is 0 Å². The predicted octanol–water partition coefficient (Wildman–Crippen LogP) is 4.52. The van der Waals surface area contributed by atoms with Gasteiger partial charge in [-0.1, -0.05) is 31.0 Å². The summed E-state index contributed by atoms with van der Waals surface area (Å²) in [6.45, 7) is 0. The smallest absolute Gasteiger partial charge is 0.336 e. The molecule has 0 atom stereocenters. The van der Waals surface area contributed by atoms with Crippen LogP contribution in [0.25, 0.3) is 11.0 Å². The summed E-state index contributed by atoms with van der Waals surface area (Å²) in [5, 5.41) is 9.80. The van der Waals surface area contributed by atoms with Crippen molar-refractivity contribution < 1.29 is 13.6 Å². The summed E-state index contributed by atoms with van der Waals surface area (Å²) in [5.41, 5.74) is 1.01. The van der Waals surface area contributed by atoms with Gasteiger partial charge in [0.2, 0.25) is 5.89 Å². The highest BCUT2D eigenvalue weighted by atomic mass is 32.2. The molecular weight excluding hydrogens is 352 g/mol. The van der Waals surface area contributed by atoms with Gasteiger partial charge in [-0.3, -0.25) is 0 Å². The molecule has 0 N–H and O–H groups in total. The van der Waals surface area contributed by atoms with Gasteiger partial charge in [0.1, 0.15) is 11.3 Å². The van der Waals surface area contributed by atoms with E-state index in [1.807, 2.05) is 12.1 Å². The van der Waals surface area contributed by atoms with E-state index in [9.17, 15) is 4.79 Å². The molecule has 0 aliphatic heterocycles. The van der Waals surface area contributed by atoms with Gasteiger partial charge in [-0.05, 0) is 30.5 Å². The topological polar surface area (TPSA) is 78.4 Å². The van der Waals surface area contributed by atoms with Gasteiger partial charge in [0, 0.05) is 29.2 Å². The van der Waals surface area contributed by atoms with Crippen LogP contribution in [0.5, 0.6) is 5.75 Å². The molecule has 1 fully saturated rings. The number of ether oxygens (including phenoxy) is 1. The lowest BCUT2D eigenvalue weighted by atomic mass is 9.89. The van der Waals surface area contributed by atoms with Crippen LogP contribution in [0, 0.1) is 0 Å². The molecule has 3 aromatic rings. The van der Waals surface area contributed by atoms with Crippen LogP contribution < -0.4 is 10.4 Å². The Kier molecular flexibility index (Phi) is 4.97. The van der Waals surface area contributed by atoms with Crippen molar-refractivity contribution >= 4 is 22.7 Å². The van der Waals surface area contributed by atoms with Crippen LogP contribution in [0.15, 0.2) is 43.1 Å². The largest absolute Gasteiger partial charge is 0.497 e. The van der Waals surface area contributed by atoms with Crippen molar-refractivity contribution in [2.24, 2.45) is 0 Å². The number of rotatable bonds is 5. The van der Waals surface area contributed by atoms with Crippen LogP contribution in [0.2, 0.25) is 0 Å². The molecule has 4 rings (SSSR count). The maximum Gasteiger partial charge on any atom is 0.336 e. The van der Waals surface area contributed by atoms with Crippen molar-refractivity contribution in [1.82, 2.24) is 10.2 Å². The molecule has 7 heteroatoms. The van der Waals surface area contributed by atoms with E-state index < -0.39 is 0 Å². The van der Waals surface area contributed by atoms with Crippen molar-refractivity contribution in [3.63, 3.8) is 0 Å². The Bertz CT molecular complexity index is 960. The van der Waals surface area contributed by atoms with Crippen LogP contribution in [0.4, 0.5) is 0 Å². The lowest BCUT2D eigenvalue weighted by Crippen LogP contribution is -2.04. The zero-order chi connectivity index (χ0) is 17.9. The first-order valence-corrected chi connectivity index (χ1v) is 9.78. The lowest BCUT2D eigenvalue weighted by molar-refractivity contribution is 0.334. The van der Waals surface area contributed by atoms with Crippen molar-refractivity contribution in [2.75, 3.05) is 7.11 Å². The Balaban J connectivity index is 1.52. The van der Waals surface area contributed by atoms with Crippen molar-refractivity contribution in [3.8, 4) is 5.75 Å². The molecule has 0 saturated heterocycles. The average molecular weight is 372 g/mol. The second kappa shape index (κ2) is 7.53. The first kappa shape index (κ1) is 17.1. The minimum atomic E-state index is -0.380. The predicted molar refractivity (Wildman–Crippen MR) is 98.7 cm³/mol. The second-order valence-corrected chi connectivity index (χ2v) is 7.41. The maximum atomic E-state index is 11.9. The average Bonchev–Trinajstić information content (AvgIpc) is 3.15. The zero-order valence-electron chi connectivity index (χ0n) is 14.6. The summed E-state index contributed by atoms with van der Waals surface area (Å²) < 4.78 is 16.3. The molecule has 26 heavy (non-hydrogen) atoms. The molecule has 1 saturated carbocycles. The summed E-state index contributed by atoms with van der Waals surface area (Å²) >= 11 is 1.44. The molecule has 0 spiro atoms. The third-order valence-corrected chi connectivity index (χ3v) is 5.63. The Morgan fingerprint density at radius 1 is 1.15 bits per heavy atom. The SMILES string of the molecule is COc1ccc2c(CSc3nnc(C4CCCCC4)o3)cc(=O)oc2c1. The highest BCUT2D eigenvalue weighted by Crippen LogP contribution is 2.34. The minimum absolute atomic E-state index is 0.380. The van der Waals surface area contributed by atoms with Crippen LogP contribution >= 0.6 is 11.8 Å². The highest BCUT2D eigenvalue weighted by Gasteiger charge is 2.21. The third-order valence-electron chi connectivity index (χ3n) is 4.77. The molecule has 0 radical (unpaired) electrons. The Hall–Kier alpha value is -2.28. The van der Waals surface area contributed by atoms with Crippen molar-refractivity contribution in [1.29, 1.82) is 0 Å². The molecule has 0 bridgehead atoms. The summed E-state index contributed by atoms with van der Waals surface area (Å²) in [4.78, 5) is 11.9. The molecule has 1 aliphatic rings. The maximum absolute atomic E-state index is 11.9. The first-order valence-electron chi connectivity index (χ1n) is 8.80. The number of thioether (sulfide) groups is 1. The van der Waals surface area contributed by atoms with Crippen LogP contribution in [-0.4, -0.2) is 17.3 Å². The van der Waals surface area contributed by atoms with E-state index in [2.05, 4.69) is 10.2 Å². The number of methoxy groups -OCH3 is 1. The minimum Gasteiger partial charge on any atom is -0.497 e. The van der Waals surface area contributed by atoms with E-state index in [1.54, 1.807) is 13.2 Å². The number of hydrogen-bond acceptors (Lipinski definition) is 7. The molecule has 1 aromatic carbocycles. The van der Waals surface area contributed by atoms with Gasteiger partial charge < -0.3 is 13.6 Å². The fourth-order valence-corrected chi connectivity index (χ4v) is 4.15. The first-order chi connectivity index (χ1) is 12.7. The lowest BCUT2D eigenvalue weighted by Gasteiger charge is -2.17. The summed E-state index contributed by atoms with van der Waals surface area (Å²) in [7, 11) is 1.58. The molecular formula is C19H20N2O4S. The summed E-state index contributed by atoms with van der Waals surface area (Å²) in [6.07, 6.45) is 5.99.